The van der Waals surface area contributed by atoms with Gasteiger partial charge in [0.1, 0.15) is 6.04 Å². The lowest BCUT2D eigenvalue weighted by Crippen LogP contribution is -2.46. The van der Waals surface area contributed by atoms with E-state index < -0.39 is 5.97 Å². The van der Waals surface area contributed by atoms with Gasteiger partial charge in [-0.25, -0.2) is 0 Å². The van der Waals surface area contributed by atoms with Crippen molar-refractivity contribution in [3.63, 3.8) is 0 Å². The number of likely N-dealkylation sites (tertiary alicyclic amines) is 2. The Morgan fingerprint density at radius 3 is 2.47 bits per heavy atom. The van der Waals surface area contributed by atoms with Crippen molar-refractivity contribution in [2.75, 3.05) is 32.7 Å². The zero-order valence-corrected chi connectivity index (χ0v) is 22.6. The van der Waals surface area contributed by atoms with E-state index in [1.165, 1.54) is 75.6 Å². The quantitative estimate of drug-likeness (QED) is 0.396. The molecule has 1 N–H and O–H groups in total. The Labute approximate surface area is 221 Å². The molecule has 1 aromatic heterocycles. The molecule has 36 heavy (non-hydrogen) atoms. The molecule has 5 rings (SSSR count). The fraction of sp³-hybridized carbons (Fsp3) is 0.645. The van der Waals surface area contributed by atoms with E-state index in [1.54, 1.807) is 11.3 Å². The fourth-order valence-corrected chi connectivity index (χ4v) is 8.04. The average Bonchev–Trinajstić information content (AvgIpc) is 3.57. The van der Waals surface area contributed by atoms with E-state index in [2.05, 4.69) is 57.0 Å². The third kappa shape index (κ3) is 6.59. The molecule has 0 spiro atoms. The first kappa shape index (κ1) is 25.9. The van der Waals surface area contributed by atoms with Crippen LogP contribution in [-0.2, 0) is 11.2 Å². The van der Waals surface area contributed by atoms with Gasteiger partial charge in [-0.15, -0.1) is 0 Å². The first-order valence-corrected chi connectivity index (χ1v) is 15.4. The zero-order valence-electron chi connectivity index (χ0n) is 21.8. The van der Waals surface area contributed by atoms with Gasteiger partial charge in [0, 0.05) is 25.6 Å². The molecule has 1 saturated carbocycles. The van der Waals surface area contributed by atoms with Crippen LogP contribution >= 0.6 is 11.3 Å². The predicted molar refractivity (Wildman–Crippen MR) is 149 cm³/mol. The molecular formula is C31H44N2O2S. The van der Waals surface area contributed by atoms with E-state index in [0.717, 1.165) is 38.4 Å². The first-order valence-electron chi connectivity index (χ1n) is 14.4. The third-order valence-electron chi connectivity index (χ3n) is 9.30. The van der Waals surface area contributed by atoms with Gasteiger partial charge < -0.3 is 10.0 Å². The number of nitrogens with zero attached hydrogens (tertiary/aromatic N) is 2. The van der Waals surface area contributed by atoms with Gasteiger partial charge in [-0.05, 0) is 97.3 Å². The second-order valence-electron chi connectivity index (χ2n) is 11.7. The molecule has 1 aromatic carbocycles. The van der Waals surface area contributed by atoms with Crippen LogP contribution in [0.1, 0.15) is 74.8 Å². The van der Waals surface area contributed by atoms with E-state index in [-0.39, 0.29) is 6.04 Å². The summed E-state index contributed by atoms with van der Waals surface area (Å²) in [7, 11) is 0. The summed E-state index contributed by atoms with van der Waals surface area (Å²) in [4.78, 5) is 17.5. The number of aliphatic carboxylic acids is 1. The molecule has 3 aliphatic rings. The topological polar surface area (TPSA) is 43.8 Å². The molecule has 0 bridgehead atoms. The van der Waals surface area contributed by atoms with Gasteiger partial charge in [-0.2, -0.15) is 11.3 Å². The smallest absolute Gasteiger partial charge is 0.321 e. The van der Waals surface area contributed by atoms with Crippen LogP contribution < -0.4 is 0 Å². The minimum atomic E-state index is -0.595. The Balaban J connectivity index is 1.15. The lowest BCUT2D eigenvalue weighted by Gasteiger charge is -2.35. The molecule has 3 atom stereocenters. The maximum atomic E-state index is 12.4. The number of carboxylic acid groups (broad SMARTS) is 1. The number of piperidine rings is 1. The Morgan fingerprint density at radius 2 is 1.78 bits per heavy atom. The van der Waals surface area contributed by atoms with Crippen LogP contribution in [0, 0.1) is 17.8 Å². The maximum Gasteiger partial charge on any atom is 0.321 e. The van der Waals surface area contributed by atoms with Crippen molar-refractivity contribution in [3.05, 3.63) is 58.3 Å². The number of carbonyl (C=O) groups is 1. The molecule has 3 heterocycles. The molecule has 2 aromatic rings. The predicted octanol–water partition coefficient (Wildman–Crippen LogP) is 6.53. The Kier molecular flexibility index (Phi) is 9.16. The Bertz CT molecular complexity index is 919. The highest BCUT2D eigenvalue weighted by molar-refractivity contribution is 7.08. The number of rotatable bonds is 10. The number of hydrogen-bond acceptors (Lipinski definition) is 4. The van der Waals surface area contributed by atoms with Gasteiger partial charge in [0.25, 0.3) is 0 Å². The van der Waals surface area contributed by atoms with Crippen molar-refractivity contribution in [1.82, 2.24) is 9.80 Å². The minimum absolute atomic E-state index is 0.299. The fourth-order valence-electron chi connectivity index (χ4n) is 7.32. The summed E-state index contributed by atoms with van der Waals surface area (Å²) in [6.45, 7) is 5.36. The molecule has 196 valence electrons. The summed E-state index contributed by atoms with van der Waals surface area (Å²) in [5.74, 6) is 1.58. The highest BCUT2D eigenvalue weighted by atomic mass is 32.1. The molecule has 2 saturated heterocycles. The minimum Gasteiger partial charge on any atom is -0.480 e. The lowest BCUT2D eigenvalue weighted by atomic mass is 9.83. The Morgan fingerprint density at radius 1 is 1.00 bits per heavy atom. The normalized spacial score (nSPS) is 25.8. The Hall–Kier alpha value is -1.69. The largest absolute Gasteiger partial charge is 0.480 e. The van der Waals surface area contributed by atoms with Crippen LogP contribution in [-0.4, -0.2) is 59.6 Å². The molecular weight excluding hydrogens is 464 g/mol. The van der Waals surface area contributed by atoms with Crippen molar-refractivity contribution >= 4 is 17.3 Å². The van der Waals surface area contributed by atoms with Gasteiger partial charge in [0.05, 0.1) is 0 Å². The molecule has 1 aliphatic carbocycles. The average molecular weight is 509 g/mol. The van der Waals surface area contributed by atoms with Crippen LogP contribution in [0.3, 0.4) is 0 Å². The van der Waals surface area contributed by atoms with Crippen LogP contribution in [0.5, 0.6) is 0 Å². The van der Waals surface area contributed by atoms with E-state index in [0.29, 0.717) is 17.8 Å². The van der Waals surface area contributed by atoms with Crippen LogP contribution in [0.15, 0.2) is 47.2 Å². The molecule has 4 nitrogen and oxygen atoms in total. The second kappa shape index (κ2) is 12.7. The van der Waals surface area contributed by atoms with E-state index >= 15 is 0 Å². The van der Waals surface area contributed by atoms with Gasteiger partial charge in [-0.1, -0.05) is 56.0 Å². The third-order valence-corrected chi connectivity index (χ3v) is 10.0. The van der Waals surface area contributed by atoms with Crippen LogP contribution in [0.4, 0.5) is 0 Å². The SMILES string of the molecule is O=C(O)[C@@H](C1CCCCC1)N1C[C@H](CN2CCC(CCCc3ccccc3)CC2)[C@@H](c2ccsc2)C1. The summed E-state index contributed by atoms with van der Waals surface area (Å²) < 4.78 is 0. The number of thiophene rings is 1. The van der Waals surface area contributed by atoms with Gasteiger partial charge in [0.15, 0.2) is 0 Å². The molecule has 0 unspecified atom stereocenters. The molecule has 3 fully saturated rings. The lowest BCUT2D eigenvalue weighted by molar-refractivity contribution is -0.145. The maximum absolute atomic E-state index is 12.4. The highest BCUT2D eigenvalue weighted by Gasteiger charge is 2.43. The van der Waals surface area contributed by atoms with Crippen molar-refractivity contribution in [1.29, 1.82) is 0 Å². The van der Waals surface area contributed by atoms with E-state index in [9.17, 15) is 9.90 Å². The van der Waals surface area contributed by atoms with Crippen LogP contribution in [0.25, 0.3) is 0 Å². The van der Waals surface area contributed by atoms with Crippen molar-refractivity contribution in [2.45, 2.75) is 76.2 Å². The summed E-state index contributed by atoms with van der Waals surface area (Å²) >= 11 is 1.78. The van der Waals surface area contributed by atoms with Crippen molar-refractivity contribution < 1.29 is 9.90 Å². The van der Waals surface area contributed by atoms with Crippen LogP contribution in [0.2, 0.25) is 0 Å². The highest BCUT2D eigenvalue weighted by Crippen LogP contribution is 2.39. The van der Waals surface area contributed by atoms with Gasteiger partial charge in [-0.3, -0.25) is 9.69 Å². The number of carboxylic acids is 1. The molecule has 0 radical (unpaired) electrons. The summed E-state index contributed by atoms with van der Waals surface area (Å²) in [5.41, 5.74) is 2.89. The number of aryl methyl sites for hydroxylation is 1. The second-order valence-corrected chi connectivity index (χ2v) is 12.5. The van der Waals surface area contributed by atoms with Crippen molar-refractivity contribution in [2.24, 2.45) is 17.8 Å². The monoisotopic (exact) mass is 508 g/mol. The molecule has 2 aliphatic heterocycles. The molecule has 5 heteroatoms. The summed E-state index contributed by atoms with van der Waals surface area (Å²) in [6, 6.07) is 12.9. The standard InChI is InChI=1S/C31H44N2O2S/c34-31(35)30(26-12-5-2-6-13-26)33-21-28(29(22-33)27-16-19-36-23-27)20-32-17-14-25(15-18-32)11-7-10-24-8-3-1-4-9-24/h1,3-4,8-9,16,19,23,25-26,28-30H,2,5-7,10-15,17-18,20-22H2,(H,34,35)/t28-,29+,30+/m0/s1. The van der Waals surface area contributed by atoms with E-state index in [1.807, 2.05) is 0 Å². The summed E-state index contributed by atoms with van der Waals surface area (Å²) in [5, 5.41) is 14.7. The summed E-state index contributed by atoms with van der Waals surface area (Å²) in [6.07, 6.45) is 12.3. The van der Waals surface area contributed by atoms with Gasteiger partial charge >= 0.3 is 5.97 Å². The van der Waals surface area contributed by atoms with Gasteiger partial charge in [0.2, 0.25) is 0 Å². The molecule has 0 amide bonds. The number of hydrogen-bond donors (Lipinski definition) is 1. The zero-order chi connectivity index (χ0) is 24.7. The van der Waals surface area contributed by atoms with Crippen molar-refractivity contribution in [3.8, 4) is 0 Å². The first-order chi connectivity index (χ1) is 17.7. The van der Waals surface area contributed by atoms with E-state index in [4.69, 9.17) is 0 Å². The number of benzene rings is 1.